The highest BCUT2D eigenvalue weighted by molar-refractivity contribution is 5.90. The molecule has 3 atom stereocenters. The van der Waals surface area contributed by atoms with Crippen molar-refractivity contribution >= 4 is 11.7 Å². The maximum Gasteiger partial charge on any atom is 0.226 e. The lowest BCUT2D eigenvalue weighted by Crippen LogP contribution is -2.29. The van der Waals surface area contributed by atoms with E-state index in [0.717, 1.165) is 6.42 Å². The third kappa shape index (κ3) is 4.66. The molecule has 122 valence electrons. The van der Waals surface area contributed by atoms with Gasteiger partial charge in [-0.3, -0.25) is 4.79 Å². The van der Waals surface area contributed by atoms with E-state index in [2.05, 4.69) is 43.2 Å². The van der Waals surface area contributed by atoms with Gasteiger partial charge in [-0.05, 0) is 49.1 Å². The van der Waals surface area contributed by atoms with Crippen molar-refractivity contribution in [3.8, 4) is 6.07 Å². The Hall–Kier alpha value is -2.15. The number of nitrogens with one attached hydrogen (secondary N) is 1. The van der Waals surface area contributed by atoms with Crippen LogP contribution in [-0.2, 0) is 4.79 Å². The number of nitrogens with zero attached hydrogens (tertiary/aromatic N) is 2. The molecule has 1 N–H and O–H groups in total. The van der Waals surface area contributed by atoms with Crippen molar-refractivity contribution in [1.29, 1.82) is 5.26 Å². The fourth-order valence-corrected chi connectivity index (χ4v) is 3.47. The van der Waals surface area contributed by atoms with Crippen LogP contribution in [0.25, 0.3) is 0 Å². The summed E-state index contributed by atoms with van der Waals surface area (Å²) >= 11 is 0. The van der Waals surface area contributed by atoms with E-state index in [-0.39, 0.29) is 11.8 Å². The Kier molecular flexibility index (Phi) is 5.92. The SMILES string of the molecule is CC1=C[C@@H](CC#N)[C@H](C(C)C)C[C@H]1CC(=O)Nc1ccccn1. The molecule has 1 aliphatic carbocycles. The van der Waals surface area contributed by atoms with E-state index in [0.29, 0.717) is 36.4 Å². The van der Waals surface area contributed by atoms with Crippen molar-refractivity contribution in [2.45, 2.75) is 40.0 Å². The minimum Gasteiger partial charge on any atom is -0.311 e. The van der Waals surface area contributed by atoms with Crippen molar-refractivity contribution in [3.63, 3.8) is 0 Å². The molecule has 0 spiro atoms. The molecule has 1 amide bonds. The van der Waals surface area contributed by atoms with Crippen molar-refractivity contribution in [3.05, 3.63) is 36.0 Å². The van der Waals surface area contributed by atoms with Crippen molar-refractivity contribution in [1.82, 2.24) is 4.98 Å². The van der Waals surface area contributed by atoms with Gasteiger partial charge < -0.3 is 5.32 Å². The zero-order valence-electron chi connectivity index (χ0n) is 14.1. The van der Waals surface area contributed by atoms with Crippen LogP contribution in [0.5, 0.6) is 0 Å². The molecule has 0 saturated heterocycles. The summed E-state index contributed by atoms with van der Waals surface area (Å²) in [6, 6.07) is 7.77. The average molecular weight is 311 g/mol. The quantitative estimate of drug-likeness (QED) is 0.830. The van der Waals surface area contributed by atoms with E-state index in [1.165, 1.54) is 5.57 Å². The monoisotopic (exact) mass is 311 g/mol. The third-order valence-corrected chi connectivity index (χ3v) is 4.78. The first kappa shape index (κ1) is 17.2. The van der Waals surface area contributed by atoms with E-state index in [4.69, 9.17) is 5.26 Å². The van der Waals surface area contributed by atoms with Crippen LogP contribution < -0.4 is 5.32 Å². The Morgan fingerprint density at radius 2 is 2.26 bits per heavy atom. The summed E-state index contributed by atoms with van der Waals surface area (Å²) in [5.74, 6) is 2.14. The number of allylic oxidation sites excluding steroid dienone is 2. The number of amides is 1. The predicted octanol–water partition coefficient (Wildman–Crippen LogP) is 4.18. The van der Waals surface area contributed by atoms with Gasteiger partial charge in [0.2, 0.25) is 5.91 Å². The lowest BCUT2D eigenvalue weighted by molar-refractivity contribution is -0.117. The average Bonchev–Trinajstić information content (AvgIpc) is 2.50. The predicted molar refractivity (Wildman–Crippen MR) is 91.4 cm³/mol. The van der Waals surface area contributed by atoms with Crippen LogP contribution in [0.2, 0.25) is 0 Å². The molecule has 0 fully saturated rings. The Morgan fingerprint density at radius 1 is 1.48 bits per heavy atom. The van der Waals surface area contributed by atoms with Crippen molar-refractivity contribution < 1.29 is 4.79 Å². The zero-order valence-corrected chi connectivity index (χ0v) is 14.1. The third-order valence-electron chi connectivity index (χ3n) is 4.78. The van der Waals surface area contributed by atoms with E-state index in [1.54, 1.807) is 12.3 Å². The Morgan fingerprint density at radius 3 is 2.87 bits per heavy atom. The molecule has 4 nitrogen and oxygen atoms in total. The molecule has 0 bridgehead atoms. The summed E-state index contributed by atoms with van der Waals surface area (Å²) in [5, 5.41) is 11.9. The number of hydrogen-bond acceptors (Lipinski definition) is 3. The second kappa shape index (κ2) is 7.92. The fraction of sp³-hybridized carbons (Fsp3) is 0.526. The smallest absolute Gasteiger partial charge is 0.226 e. The maximum absolute atomic E-state index is 12.3. The molecule has 0 radical (unpaired) electrons. The fourth-order valence-electron chi connectivity index (χ4n) is 3.47. The van der Waals surface area contributed by atoms with Gasteiger partial charge in [0.1, 0.15) is 5.82 Å². The minimum absolute atomic E-state index is 0.00249. The van der Waals surface area contributed by atoms with E-state index in [9.17, 15) is 4.79 Å². The van der Waals surface area contributed by atoms with E-state index >= 15 is 0 Å². The second-order valence-corrected chi connectivity index (χ2v) is 6.74. The highest BCUT2D eigenvalue weighted by Crippen LogP contribution is 2.40. The van der Waals surface area contributed by atoms with Gasteiger partial charge in [-0.25, -0.2) is 4.98 Å². The number of pyridine rings is 1. The van der Waals surface area contributed by atoms with Crippen LogP contribution in [0.4, 0.5) is 5.82 Å². The Bertz CT molecular complexity index is 601. The van der Waals surface area contributed by atoms with Crippen LogP contribution in [0.1, 0.15) is 40.0 Å². The van der Waals surface area contributed by atoms with Crippen LogP contribution in [0.3, 0.4) is 0 Å². The highest BCUT2D eigenvalue weighted by atomic mass is 16.1. The number of hydrogen-bond donors (Lipinski definition) is 1. The van der Waals surface area contributed by atoms with Gasteiger partial charge in [-0.15, -0.1) is 0 Å². The second-order valence-electron chi connectivity index (χ2n) is 6.74. The summed E-state index contributed by atoms with van der Waals surface area (Å²) in [6.45, 7) is 6.49. The maximum atomic E-state index is 12.3. The van der Waals surface area contributed by atoms with E-state index in [1.807, 2.05) is 12.1 Å². The molecular formula is C19H25N3O. The van der Waals surface area contributed by atoms with Crippen LogP contribution in [-0.4, -0.2) is 10.9 Å². The summed E-state index contributed by atoms with van der Waals surface area (Å²) in [5.41, 5.74) is 1.23. The summed E-state index contributed by atoms with van der Waals surface area (Å²) in [7, 11) is 0. The first-order chi connectivity index (χ1) is 11.0. The van der Waals surface area contributed by atoms with Crippen molar-refractivity contribution in [2.24, 2.45) is 23.7 Å². The number of nitriles is 1. The van der Waals surface area contributed by atoms with Crippen molar-refractivity contribution in [2.75, 3.05) is 5.32 Å². The normalized spacial score (nSPS) is 24.0. The number of carbonyl (C=O) groups is 1. The molecule has 0 aliphatic heterocycles. The summed E-state index contributed by atoms with van der Waals surface area (Å²) < 4.78 is 0. The molecule has 1 heterocycles. The van der Waals surface area contributed by atoms with Gasteiger partial charge in [-0.1, -0.05) is 31.6 Å². The first-order valence-corrected chi connectivity index (χ1v) is 8.27. The molecule has 2 rings (SSSR count). The van der Waals surface area contributed by atoms with Gasteiger partial charge in [0.25, 0.3) is 0 Å². The molecule has 23 heavy (non-hydrogen) atoms. The Labute approximate surface area is 138 Å². The van der Waals surface area contributed by atoms with Crippen LogP contribution >= 0.6 is 0 Å². The molecule has 4 heteroatoms. The topological polar surface area (TPSA) is 65.8 Å². The lowest BCUT2D eigenvalue weighted by Gasteiger charge is -2.36. The van der Waals surface area contributed by atoms with Gasteiger partial charge in [0.15, 0.2) is 0 Å². The molecular weight excluding hydrogens is 286 g/mol. The van der Waals surface area contributed by atoms with E-state index < -0.39 is 0 Å². The largest absolute Gasteiger partial charge is 0.311 e. The van der Waals surface area contributed by atoms with Gasteiger partial charge >= 0.3 is 0 Å². The molecule has 1 aliphatic rings. The van der Waals surface area contributed by atoms with Gasteiger partial charge in [-0.2, -0.15) is 5.26 Å². The zero-order chi connectivity index (χ0) is 16.8. The standard InChI is InChI=1S/C19H25N3O/c1-13(2)17-11-16(14(3)10-15(17)7-8-20)12-19(23)22-18-6-4-5-9-21-18/h4-6,9-10,13,15-17H,7,11-12H2,1-3H3,(H,21,22,23)/t15-,16+,17+/m1/s1. The molecule has 0 unspecified atom stereocenters. The summed E-state index contributed by atoms with van der Waals surface area (Å²) in [4.78, 5) is 16.4. The van der Waals surface area contributed by atoms with Crippen LogP contribution in [0, 0.1) is 35.0 Å². The number of carbonyl (C=O) groups excluding carboxylic acids is 1. The minimum atomic E-state index is 0.00249. The van der Waals surface area contributed by atoms with Gasteiger partial charge in [0.05, 0.1) is 6.07 Å². The summed E-state index contributed by atoms with van der Waals surface area (Å²) in [6.07, 6.45) is 5.90. The number of aromatic nitrogens is 1. The Balaban J connectivity index is 2.03. The first-order valence-electron chi connectivity index (χ1n) is 8.27. The number of rotatable bonds is 5. The van der Waals surface area contributed by atoms with Gasteiger partial charge in [0, 0.05) is 19.0 Å². The molecule has 1 aromatic heterocycles. The molecule has 1 aromatic rings. The van der Waals surface area contributed by atoms with Crippen LogP contribution in [0.15, 0.2) is 36.0 Å². The lowest BCUT2D eigenvalue weighted by atomic mass is 9.69. The molecule has 0 aromatic carbocycles. The molecule has 0 saturated carbocycles. The highest BCUT2D eigenvalue weighted by Gasteiger charge is 2.32. The number of anilines is 1.